The van der Waals surface area contributed by atoms with Crippen LogP contribution in [0.3, 0.4) is 0 Å². The summed E-state index contributed by atoms with van der Waals surface area (Å²) in [6.07, 6.45) is 3.09. The molecule has 0 amide bonds. The van der Waals surface area contributed by atoms with E-state index in [0.29, 0.717) is 7.14 Å². The first-order chi connectivity index (χ1) is 8.43. The van der Waals surface area contributed by atoms with Crippen molar-refractivity contribution in [1.29, 1.82) is 0 Å². The number of hydrogen-bond donors (Lipinski definition) is 0. The number of ether oxygens (including phenoxy) is 2. The van der Waals surface area contributed by atoms with Gasteiger partial charge in [-0.25, -0.2) is 4.79 Å². The van der Waals surface area contributed by atoms with Crippen LogP contribution in [0.5, 0.6) is 0 Å². The van der Waals surface area contributed by atoms with Crippen LogP contribution in [-0.4, -0.2) is 30.2 Å². The molecule has 0 aliphatic heterocycles. The second kappa shape index (κ2) is 7.07. The van der Waals surface area contributed by atoms with Gasteiger partial charge in [-0.05, 0) is 45.2 Å². The normalized spacial score (nSPS) is 9.94. The van der Waals surface area contributed by atoms with Gasteiger partial charge in [0.25, 0.3) is 0 Å². The van der Waals surface area contributed by atoms with Crippen molar-refractivity contribution in [3.05, 3.63) is 29.8 Å². The fourth-order valence-electron chi connectivity index (χ4n) is 1.04. The summed E-state index contributed by atoms with van der Waals surface area (Å²) in [5.41, 5.74) is -0.0737. The van der Waals surface area contributed by atoms with Crippen molar-refractivity contribution < 1.29 is 19.1 Å². The molecule has 1 heterocycles. The molecule has 8 heteroatoms. The molecule has 0 fully saturated rings. The van der Waals surface area contributed by atoms with Crippen molar-refractivity contribution in [2.24, 2.45) is 0 Å². The molecule has 0 spiro atoms. The number of nitrogens with zero attached hydrogens (tertiary/aromatic N) is 1. The van der Waals surface area contributed by atoms with Gasteiger partial charge in [0, 0.05) is 12.4 Å². The molecule has 0 N–H and O–H groups in total. The van der Waals surface area contributed by atoms with Crippen LogP contribution < -0.4 is 5.43 Å². The Morgan fingerprint density at radius 3 is 2.28 bits per heavy atom. The van der Waals surface area contributed by atoms with Gasteiger partial charge in [-0.15, -0.1) is 0 Å². The summed E-state index contributed by atoms with van der Waals surface area (Å²) in [5, 5.41) is 0. The zero-order valence-corrected chi connectivity index (χ0v) is 13.6. The monoisotopic (exact) mass is 477 g/mol. The predicted molar refractivity (Wildman–Crippen MR) is 79.1 cm³/mol. The number of hydrogen-bond acceptors (Lipinski definition) is 5. The number of carbonyl (C=O) groups excluding carboxylic acids is 2. The highest BCUT2D eigenvalue weighted by atomic mass is 127. The van der Waals surface area contributed by atoms with Crippen molar-refractivity contribution >= 4 is 57.1 Å². The highest BCUT2D eigenvalue weighted by Crippen LogP contribution is 2.04. The smallest absolute Gasteiger partial charge is 0.344 e. The minimum absolute atomic E-state index is 0.0662. The molecule has 98 valence electrons. The Balaban J connectivity index is 2.65. The van der Waals surface area contributed by atoms with Crippen LogP contribution >= 0.6 is 45.2 Å². The summed E-state index contributed by atoms with van der Waals surface area (Å²) in [6.45, 7) is -0.479. The Hall–Kier alpha value is -0.650. The highest BCUT2D eigenvalue weighted by molar-refractivity contribution is 14.1. The van der Waals surface area contributed by atoms with Gasteiger partial charge in [0.1, 0.15) is 6.54 Å². The fraction of sp³-hybridized carbons (Fsp3) is 0.300. The first-order valence-electron chi connectivity index (χ1n) is 4.71. The molecule has 1 rings (SSSR count). The largest absolute Gasteiger partial charge is 0.466 e. The zero-order valence-electron chi connectivity index (χ0n) is 9.31. The van der Waals surface area contributed by atoms with E-state index in [-0.39, 0.29) is 12.0 Å². The molecule has 6 nitrogen and oxygen atoms in total. The Labute approximate surface area is 130 Å². The lowest BCUT2D eigenvalue weighted by molar-refractivity contribution is -0.157. The van der Waals surface area contributed by atoms with Crippen LogP contribution in [0.2, 0.25) is 0 Å². The van der Waals surface area contributed by atoms with Crippen molar-refractivity contribution in [3.8, 4) is 0 Å². The van der Waals surface area contributed by atoms with Gasteiger partial charge >= 0.3 is 11.9 Å². The molecule has 0 radical (unpaired) electrons. The van der Waals surface area contributed by atoms with Crippen molar-refractivity contribution in [1.82, 2.24) is 4.57 Å². The SMILES string of the molecule is COC(=O)COC(=O)Cn1cc(I)c(=O)c(I)c1. The number of rotatable bonds is 4. The fourth-order valence-corrected chi connectivity index (χ4v) is 2.86. The maximum Gasteiger partial charge on any atom is 0.344 e. The third-order valence-corrected chi connectivity index (χ3v) is 3.42. The average Bonchev–Trinajstić information content (AvgIpc) is 2.32. The van der Waals surface area contributed by atoms with E-state index in [1.165, 1.54) is 11.7 Å². The van der Waals surface area contributed by atoms with E-state index >= 15 is 0 Å². The van der Waals surface area contributed by atoms with Crippen molar-refractivity contribution in [2.75, 3.05) is 13.7 Å². The summed E-state index contributed by atoms with van der Waals surface area (Å²) in [7, 11) is 1.21. The summed E-state index contributed by atoms with van der Waals surface area (Å²) in [5.74, 6) is -1.19. The van der Waals surface area contributed by atoms with E-state index in [9.17, 15) is 14.4 Å². The number of methoxy groups -OCH3 is 1. The van der Waals surface area contributed by atoms with Gasteiger partial charge in [0.05, 0.1) is 14.3 Å². The minimum Gasteiger partial charge on any atom is -0.466 e. The molecule has 0 aliphatic rings. The molecule has 1 aromatic rings. The van der Waals surface area contributed by atoms with E-state index in [0.717, 1.165) is 0 Å². The molecule has 0 unspecified atom stereocenters. The molecule has 0 aromatic carbocycles. The molecule has 18 heavy (non-hydrogen) atoms. The molecule has 0 atom stereocenters. The lowest BCUT2D eigenvalue weighted by atomic mass is 10.4. The van der Waals surface area contributed by atoms with E-state index in [2.05, 4.69) is 4.74 Å². The second-order valence-electron chi connectivity index (χ2n) is 3.19. The van der Waals surface area contributed by atoms with Gasteiger partial charge in [0.15, 0.2) is 6.61 Å². The number of aromatic nitrogens is 1. The Kier molecular flexibility index (Phi) is 6.05. The third-order valence-electron chi connectivity index (χ3n) is 1.88. The first kappa shape index (κ1) is 15.4. The second-order valence-corrected chi connectivity index (χ2v) is 5.52. The lowest BCUT2D eigenvalue weighted by Crippen LogP contribution is -2.21. The Bertz CT molecular complexity index is 499. The van der Waals surface area contributed by atoms with E-state index in [4.69, 9.17) is 4.74 Å². The summed E-state index contributed by atoms with van der Waals surface area (Å²) < 4.78 is 11.6. The maximum absolute atomic E-state index is 11.5. The maximum atomic E-state index is 11.5. The van der Waals surface area contributed by atoms with E-state index < -0.39 is 18.5 Å². The third kappa shape index (κ3) is 4.55. The molecular formula is C10H9I2NO5. The number of carbonyl (C=O) groups is 2. The predicted octanol–water partition coefficient (Wildman–Crippen LogP) is 0.774. The summed E-state index contributed by atoms with van der Waals surface area (Å²) >= 11 is 3.79. The molecular weight excluding hydrogens is 468 g/mol. The number of halogens is 2. The molecule has 0 bridgehead atoms. The van der Waals surface area contributed by atoms with Crippen LogP contribution in [0, 0.1) is 7.14 Å². The molecule has 0 aliphatic carbocycles. The topological polar surface area (TPSA) is 74.6 Å². The summed E-state index contributed by atoms with van der Waals surface area (Å²) in [6, 6.07) is 0. The van der Waals surface area contributed by atoms with Gasteiger partial charge in [-0.1, -0.05) is 0 Å². The van der Waals surface area contributed by atoms with Gasteiger partial charge in [-0.2, -0.15) is 0 Å². The van der Waals surface area contributed by atoms with E-state index in [1.807, 2.05) is 45.2 Å². The standard InChI is InChI=1S/C10H9I2NO5/c1-17-9(15)5-18-8(14)4-13-2-6(11)10(16)7(12)3-13/h2-3H,4-5H2,1H3. The van der Waals surface area contributed by atoms with E-state index in [1.54, 1.807) is 12.4 Å². The van der Waals surface area contributed by atoms with Gasteiger partial charge in [-0.3, -0.25) is 9.59 Å². The highest BCUT2D eigenvalue weighted by Gasteiger charge is 2.09. The summed E-state index contributed by atoms with van der Waals surface area (Å²) in [4.78, 5) is 33.6. The van der Waals surface area contributed by atoms with Crippen LogP contribution in [0.4, 0.5) is 0 Å². The zero-order chi connectivity index (χ0) is 13.7. The lowest BCUT2D eigenvalue weighted by Gasteiger charge is -2.07. The van der Waals surface area contributed by atoms with Crippen LogP contribution in [0.1, 0.15) is 0 Å². The first-order valence-corrected chi connectivity index (χ1v) is 6.87. The number of pyridine rings is 1. The Morgan fingerprint density at radius 1 is 1.22 bits per heavy atom. The molecule has 0 saturated heterocycles. The minimum atomic E-state index is -0.618. The average molecular weight is 477 g/mol. The van der Waals surface area contributed by atoms with Crippen molar-refractivity contribution in [3.63, 3.8) is 0 Å². The van der Waals surface area contributed by atoms with Crippen LogP contribution in [-0.2, 0) is 25.6 Å². The number of esters is 2. The van der Waals surface area contributed by atoms with Crippen molar-refractivity contribution in [2.45, 2.75) is 6.54 Å². The van der Waals surface area contributed by atoms with Gasteiger partial charge < -0.3 is 14.0 Å². The Morgan fingerprint density at radius 2 is 1.78 bits per heavy atom. The molecule has 1 aromatic heterocycles. The molecule has 0 saturated carbocycles. The quantitative estimate of drug-likeness (QED) is 0.474. The van der Waals surface area contributed by atoms with Gasteiger partial charge in [0.2, 0.25) is 5.43 Å². The van der Waals surface area contributed by atoms with Crippen LogP contribution in [0.25, 0.3) is 0 Å². The van der Waals surface area contributed by atoms with Crippen LogP contribution in [0.15, 0.2) is 17.2 Å².